The number of amides is 1. The molecule has 1 aliphatic rings. The first-order valence-corrected chi connectivity index (χ1v) is 9.41. The van der Waals surface area contributed by atoms with Crippen molar-refractivity contribution in [2.45, 2.75) is 23.8 Å². The summed E-state index contributed by atoms with van der Waals surface area (Å²) >= 11 is 1.66. The largest absolute Gasteiger partial charge is 0.385 e. The number of hydrogen-bond acceptors (Lipinski definition) is 4. The number of piperidine rings is 1. The minimum atomic E-state index is -0.639. The summed E-state index contributed by atoms with van der Waals surface area (Å²) in [5.74, 6) is 0.729. The summed E-state index contributed by atoms with van der Waals surface area (Å²) in [6.07, 6.45) is 6.71. The molecule has 1 fully saturated rings. The molecule has 1 aliphatic heterocycles. The van der Waals surface area contributed by atoms with E-state index < -0.39 is 6.10 Å². The van der Waals surface area contributed by atoms with Gasteiger partial charge in [-0.05, 0) is 43.4 Å². The Bertz CT molecular complexity index is 699. The number of aliphatic hydroxyl groups excluding tert-OH is 1. The summed E-state index contributed by atoms with van der Waals surface area (Å²) in [7, 11) is 1.88. The third-order valence-corrected chi connectivity index (χ3v) is 5.40. The zero-order chi connectivity index (χ0) is 17.1. The Balaban J connectivity index is 1.70. The molecule has 2 unspecified atom stereocenters. The van der Waals surface area contributed by atoms with E-state index in [1.54, 1.807) is 18.0 Å². The van der Waals surface area contributed by atoms with Gasteiger partial charge in [0.1, 0.15) is 11.9 Å². The molecule has 1 aromatic carbocycles. The number of thioether (sulfide) groups is 1. The van der Waals surface area contributed by atoms with Crippen LogP contribution in [0.1, 0.15) is 35.1 Å². The first-order chi connectivity index (χ1) is 11.6. The number of carbonyl (C=O) groups is 1. The molecule has 0 aliphatic carbocycles. The van der Waals surface area contributed by atoms with Gasteiger partial charge in [-0.3, -0.25) is 4.79 Å². The summed E-state index contributed by atoms with van der Waals surface area (Å²) in [5, 5.41) is 10.6. The summed E-state index contributed by atoms with van der Waals surface area (Å²) in [5.41, 5.74) is 0.708. The molecule has 2 heterocycles. The maximum absolute atomic E-state index is 12.7. The molecule has 3 rings (SSSR count). The molecular weight excluding hydrogens is 322 g/mol. The van der Waals surface area contributed by atoms with E-state index in [4.69, 9.17) is 0 Å². The van der Waals surface area contributed by atoms with Crippen molar-refractivity contribution < 1.29 is 9.90 Å². The smallest absolute Gasteiger partial charge is 0.253 e. The monoisotopic (exact) mass is 345 g/mol. The Morgan fingerprint density at radius 1 is 1.38 bits per heavy atom. The number of benzene rings is 1. The van der Waals surface area contributed by atoms with Crippen LogP contribution < -0.4 is 0 Å². The highest BCUT2D eigenvalue weighted by molar-refractivity contribution is 7.98. The molecule has 24 heavy (non-hydrogen) atoms. The van der Waals surface area contributed by atoms with E-state index in [9.17, 15) is 9.90 Å². The van der Waals surface area contributed by atoms with Gasteiger partial charge in [0, 0.05) is 48.9 Å². The van der Waals surface area contributed by atoms with E-state index in [-0.39, 0.29) is 11.8 Å². The zero-order valence-electron chi connectivity index (χ0n) is 14.1. The highest BCUT2D eigenvalue weighted by atomic mass is 32.2. The Morgan fingerprint density at radius 3 is 2.75 bits per heavy atom. The van der Waals surface area contributed by atoms with E-state index in [1.807, 2.05) is 53.2 Å². The van der Waals surface area contributed by atoms with E-state index in [0.29, 0.717) is 17.9 Å². The highest BCUT2D eigenvalue weighted by Crippen LogP contribution is 2.29. The molecule has 5 nitrogen and oxygen atoms in total. The number of rotatable bonds is 4. The molecule has 1 N–H and O–H groups in total. The van der Waals surface area contributed by atoms with Crippen LogP contribution >= 0.6 is 11.8 Å². The third kappa shape index (κ3) is 3.49. The van der Waals surface area contributed by atoms with Crippen LogP contribution in [-0.2, 0) is 7.05 Å². The van der Waals surface area contributed by atoms with Gasteiger partial charge in [-0.1, -0.05) is 0 Å². The predicted octanol–water partition coefficient (Wildman–Crippen LogP) is 2.73. The van der Waals surface area contributed by atoms with Crippen molar-refractivity contribution in [3.05, 3.63) is 48.0 Å². The number of aromatic nitrogens is 2. The summed E-state index contributed by atoms with van der Waals surface area (Å²) < 4.78 is 1.84. The SMILES string of the molecule is CSc1ccc(C(=O)N2CCCC(C(O)c3nccn3C)C2)cc1. The average molecular weight is 345 g/mol. The quantitative estimate of drug-likeness (QED) is 0.866. The Morgan fingerprint density at radius 2 is 2.12 bits per heavy atom. The van der Waals surface area contributed by atoms with Gasteiger partial charge in [-0.2, -0.15) is 0 Å². The number of hydrogen-bond donors (Lipinski definition) is 1. The van der Waals surface area contributed by atoms with E-state index in [1.165, 1.54) is 0 Å². The molecule has 1 aromatic heterocycles. The van der Waals surface area contributed by atoms with Crippen molar-refractivity contribution in [1.82, 2.24) is 14.5 Å². The van der Waals surface area contributed by atoms with Gasteiger partial charge in [-0.15, -0.1) is 11.8 Å². The molecular formula is C18H23N3O2S. The lowest BCUT2D eigenvalue weighted by atomic mass is 9.91. The zero-order valence-corrected chi connectivity index (χ0v) is 14.9. The molecule has 1 amide bonds. The van der Waals surface area contributed by atoms with Crippen molar-refractivity contribution in [2.24, 2.45) is 13.0 Å². The van der Waals surface area contributed by atoms with Crippen molar-refractivity contribution >= 4 is 17.7 Å². The highest BCUT2D eigenvalue weighted by Gasteiger charge is 2.31. The van der Waals surface area contributed by atoms with Crippen LogP contribution in [0.2, 0.25) is 0 Å². The number of nitrogens with zero attached hydrogens (tertiary/aromatic N) is 3. The molecule has 0 bridgehead atoms. The minimum absolute atomic E-state index is 0.0225. The number of imidazole rings is 1. The third-order valence-electron chi connectivity index (χ3n) is 4.65. The predicted molar refractivity (Wildman–Crippen MR) is 95.0 cm³/mol. The fourth-order valence-corrected chi connectivity index (χ4v) is 3.65. The summed E-state index contributed by atoms with van der Waals surface area (Å²) in [6, 6.07) is 7.71. The molecule has 1 saturated heterocycles. The average Bonchev–Trinajstić information content (AvgIpc) is 3.06. The first-order valence-electron chi connectivity index (χ1n) is 8.18. The normalized spacial score (nSPS) is 19.3. The summed E-state index contributed by atoms with van der Waals surface area (Å²) in [6.45, 7) is 1.31. The van der Waals surface area contributed by atoms with Gasteiger partial charge >= 0.3 is 0 Å². The van der Waals surface area contributed by atoms with Gasteiger partial charge in [0.2, 0.25) is 0 Å². The van der Waals surface area contributed by atoms with Crippen LogP contribution in [0.3, 0.4) is 0 Å². The Kier molecular flexibility index (Phi) is 5.26. The van der Waals surface area contributed by atoms with Crippen LogP contribution in [0.5, 0.6) is 0 Å². The van der Waals surface area contributed by atoms with Crippen LogP contribution in [0.25, 0.3) is 0 Å². The Hall–Kier alpha value is -1.79. The topological polar surface area (TPSA) is 58.4 Å². The fourth-order valence-electron chi connectivity index (χ4n) is 3.24. The first kappa shape index (κ1) is 17.0. The Labute approximate surface area is 146 Å². The van der Waals surface area contributed by atoms with Crippen LogP contribution in [0, 0.1) is 5.92 Å². The molecule has 0 spiro atoms. The fraction of sp³-hybridized carbons (Fsp3) is 0.444. The van der Waals surface area contributed by atoms with E-state index in [2.05, 4.69) is 4.98 Å². The van der Waals surface area contributed by atoms with Crippen LogP contribution in [-0.4, -0.2) is 44.8 Å². The summed E-state index contributed by atoms with van der Waals surface area (Å²) in [4.78, 5) is 20.0. The van der Waals surface area contributed by atoms with Crippen LogP contribution in [0.15, 0.2) is 41.6 Å². The molecule has 128 valence electrons. The van der Waals surface area contributed by atoms with Crippen molar-refractivity contribution in [2.75, 3.05) is 19.3 Å². The van der Waals surface area contributed by atoms with Crippen LogP contribution in [0.4, 0.5) is 0 Å². The number of likely N-dealkylation sites (tertiary alicyclic amines) is 1. The molecule has 2 atom stereocenters. The molecule has 2 aromatic rings. The van der Waals surface area contributed by atoms with Gasteiger partial charge in [-0.25, -0.2) is 4.98 Å². The maximum atomic E-state index is 12.7. The minimum Gasteiger partial charge on any atom is -0.385 e. The lowest BCUT2D eigenvalue weighted by molar-refractivity contribution is 0.0358. The second-order valence-corrected chi connectivity index (χ2v) is 7.10. The van der Waals surface area contributed by atoms with Gasteiger partial charge < -0.3 is 14.6 Å². The van der Waals surface area contributed by atoms with E-state index in [0.717, 1.165) is 24.3 Å². The van der Waals surface area contributed by atoms with Gasteiger partial charge in [0.25, 0.3) is 5.91 Å². The van der Waals surface area contributed by atoms with Crippen molar-refractivity contribution in [1.29, 1.82) is 0 Å². The lowest BCUT2D eigenvalue weighted by Crippen LogP contribution is -2.42. The van der Waals surface area contributed by atoms with Crippen molar-refractivity contribution in [3.63, 3.8) is 0 Å². The van der Waals surface area contributed by atoms with Crippen molar-refractivity contribution in [3.8, 4) is 0 Å². The second kappa shape index (κ2) is 7.40. The lowest BCUT2D eigenvalue weighted by Gasteiger charge is -2.35. The number of carbonyl (C=O) groups excluding carboxylic acids is 1. The molecule has 0 radical (unpaired) electrons. The number of aliphatic hydroxyl groups is 1. The standard InChI is InChI=1S/C18H23N3O2S/c1-20-11-9-19-17(20)16(22)14-4-3-10-21(12-14)18(23)13-5-7-15(24-2)8-6-13/h5-9,11,14,16,22H,3-4,10,12H2,1-2H3. The second-order valence-electron chi connectivity index (χ2n) is 6.22. The molecule has 0 saturated carbocycles. The van der Waals surface area contributed by atoms with Gasteiger partial charge in [0.15, 0.2) is 0 Å². The maximum Gasteiger partial charge on any atom is 0.253 e. The van der Waals surface area contributed by atoms with Gasteiger partial charge in [0.05, 0.1) is 0 Å². The van der Waals surface area contributed by atoms with E-state index >= 15 is 0 Å². The number of aryl methyl sites for hydroxylation is 1. The molecule has 6 heteroatoms.